The first-order chi connectivity index (χ1) is 9.49. The molecular weight excluding hydrogens is 284 g/mol. The third-order valence-electron chi connectivity index (χ3n) is 4.04. The van der Waals surface area contributed by atoms with Crippen molar-refractivity contribution in [2.24, 2.45) is 5.73 Å². The molecule has 5 nitrogen and oxygen atoms in total. The number of carbonyl (C=O) groups is 1. The molecule has 1 unspecified atom stereocenters. The smallest absolute Gasteiger partial charge is 0.250 e. The predicted molar refractivity (Wildman–Crippen MR) is 87.4 cm³/mol. The summed E-state index contributed by atoms with van der Waals surface area (Å²) in [6.07, 6.45) is -0.537. The van der Waals surface area contributed by atoms with Gasteiger partial charge in [-0.3, -0.25) is 4.79 Å². The SMILES string of the molecule is COC(O[Si](C)(C)C(C)(C)C)c1ccc(N)c(C(N)=O)c1. The molecule has 1 aromatic carbocycles. The number of methoxy groups -OCH3 is 1. The van der Waals surface area contributed by atoms with Crippen LogP contribution in [-0.2, 0) is 9.16 Å². The van der Waals surface area contributed by atoms with Crippen LogP contribution >= 0.6 is 0 Å². The fourth-order valence-corrected chi connectivity index (χ4v) is 2.75. The first-order valence-corrected chi connectivity index (χ1v) is 9.80. The zero-order valence-electron chi connectivity index (χ0n) is 13.7. The van der Waals surface area contributed by atoms with Crippen LogP contribution in [0.15, 0.2) is 18.2 Å². The predicted octanol–water partition coefficient (Wildman–Crippen LogP) is 3.03. The Hall–Kier alpha value is -1.37. The lowest BCUT2D eigenvalue weighted by Gasteiger charge is -2.38. The minimum Gasteiger partial charge on any atom is -0.398 e. The molecule has 6 heteroatoms. The Labute approximate surface area is 127 Å². The highest BCUT2D eigenvalue weighted by molar-refractivity contribution is 6.74. The number of primary amides is 1. The standard InChI is InChI=1S/C15H26N2O3Si/c1-15(2,3)21(5,6)20-14(19-4)10-7-8-12(16)11(9-10)13(17)18/h7-9,14H,16H2,1-6H3,(H2,17,18). The van der Waals surface area contributed by atoms with Gasteiger partial charge in [0.15, 0.2) is 14.6 Å². The Morgan fingerprint density at radius 2 is 1.86 bits per heavy atom. The highest BCUT2D eigenvalue weighted by Crippen LogP contribution is 2.40. The average molecular weight is 310 g/mol. The van der Waals surface area contributed by atoms with E-state index >= 15 is 0 Å². The van der Waals surface area contributed by atoms with Gasteiger partial charge in [-0.2, -0.15) is 0 Å². The molecule has 0 aliphatic heterocycles. The minimum atomic E-state index is -2.00. The van der Waals surface area contributed by atoms with E-state index in [4.69, 9.17) is 20.6 Å². The summed E-state index contributed by atoms with van der Waals surface area (Å²) < 4.78 is 11.7. The largest absolute Gasteiger partial charge is 0.398 e. The summed E-state index contributed by atoms with van der Waals surface area (Å²) >= 11 is 0. The molecule has 0 saturated heterocycles. The molecule has 0 radical (unpaired) electrons. The maximum atomic E-state index is 11.4. The molecule has 21 heavy (non-hydrogen) atoms. The molecule has 0 aliphatic carbocycles. The minimum absolute atomic E-state index is 0.0596. The molecule has 0 heterocycles. The van der Waals surface area contributed by atoms with E-state index in [1.807, 2.05) is 0 Å². The molecule has 4 N–H and O–H groups in total. The van der Waals surface area contributed by atoms with Crippen LogP contribution < -0.4 is 11.5 Å². The average Bonchev–Trinajstić information content (AvgIpc) is 2.35. The molecule has 0 saturated carbocycles. The first kappa shape index (κ1) is 17.7. The molecule has 118 valence electrons. The second-order valence-corrected chi connectivity index (χ2v) is 11.4. The Morgan fingerprint density at radius 3 is 2.29 bits per heavy atom. The zero-order chi connectivity index (χ0) is 16.4. The number of nitrogen functional groups attached to an aromatic ring is 1. The topological polar surface area (TPSA) is 87.6 Å². The van der Waals surface area contributed by atoms with E-state index < -0.39 is 20.5 Å². The number of hydrogen-bond acceptors (Lipinski definition) is 4. The van der Waals surface area contributed by atoms with E-state index in [-0.39, 0.29) is 10.6 Å². The van der Waals surface area contributed by atoms with Crippen molar-refractivity contribution in [2.75, 3.05) is 12.8 Å². The fourth-order valence-electron chi connectivity index (χ4n) is 1.63. The van der Waals surface area contributed by atoms with Gasteiger partial charge in [-0.25, -0.2) is 0 Å². The van der Waals surface area contributed by atoms with Crippen LogP contribution in [0.1, 0.15) is 43.0 Å². The third-order valence-corrected chi connectivity index (χ3v) is 8.45. The lowest BCUT2D eigenvalue weighted by atomic mass is 10.1. The number of amides is 1. The van der Waals surface area contributed by atoms with E-state index in [1.165, 1.54) is 0 Å². The van der Waals surface area contributed by atoms with Crippen molar-refractivity contribution in [3.63, 3.8) is 0 Å². The van der Waals surface area contributed by atoms with Gasteiger partial charge in [-0.05, 0) is 30.3 Å². The number of nitrogens with two attached hydrogens (primary N) is 2. The molecule has 0 aromatic heterocycles. The second kappa shape index (κ2) is 6.17. The number of rotatable bonds is 5. The summed E-state index contributed by atoms with van der Waals surface area (Å²) in [5, 5.41) is 0.0596. The highest BCUT2D eigenvalue weighted by Gasteiger charge is 2.39. The van der Waals surface area contributed by atoms with Crippen LogP contribution in [0.3, 0.4) is 0 Å². The number of benzene rings is 1. The molecule has 0 fully saturated rings. The molecule has 1 rings (SSSR count). The number of hydrogen-bond donors (Lipinski definition) is 2. The van der Waals surface area contributed by atoms with Crippen molar-refractivity contribution in [1.29, 1.82) is 0 Å². The third kappa shape index (κ3) is 4.06. The van der Waals surface area contributed by atoms with Crippen molar-refractivity contribution < 1.29 is 14.0 Å². The Balaban J connectivity index is 3.12. The van der Waals surface area contributed by atoms with Gasteiger partial charge in [0.05, 0.1) is 5.56 Å². The summed E-state index contributed by atoms with van der Waals surface area (Å²) in [5.74, 6) is -0.559. The molecule has 1 amide bonds. The van der Waals surface area contributed by atoms with Crippen LogP contribution in [0.4, 0.5) is 5.69 Å². The Kier molecular flexibility index (Phi) is 5.19. The molecule has 0 bridgehead atoms. The normalized spacial score (nSPS) is 14.0. The van der Waals surface area contributed by atoms with Crippen molar-refractivity contribution in [3.05, 3.63) is 29.3 Å². The number of ether oxygens (including phenoxy) is 1. The van der Waals surface area contributed by atoms with Crippen molar-refractivity contribution in [3.8, 4) is 0 Å². The van der Waals surface area contributed by atoms with Gasteiger partial charge in [-0.15, -0.1) is 0 Å². The van der Waals surface area contributed by atoms with Crippen LogP contribution in [0, 0.1) is 0 Å². The Morgan fingerprint density at radius 1 is 1.29 bits per heavy atom. The van der Waals surface area contributed by atoms with E-state index in [0.29, 0.717) is 5.69 Å². The first-order valence-electron chi connectivity index (χ1n) is 6.89. The van der Waals surface area contributed by atoms with Gasteiger partial charge in [0, 0.05) is 18.4 Å². The lowest BCUT2D eigenvalue weighted by Crippen LogP contribution is -2.42. The van der Waals surface area contributed by atoms with Gasteiger partial charge in [0.1, 0.15) is 0 Å². The van der Waals surface area contributed by atoms with Crippen LogP contribution in [-0.4, -0.2) is 21.3 Å². The Bertz CT molecular complexity index is 524. The zero-order valence-corrected chi connectivity index (χ0v) is 14.7. The van der Waals surface area contributed by atoms with E-state index in [2.05, 4.69) is 33.9 Å². The van der Waals surface area contributed by atoms with Crippen LogP contribution in [0.2, 0.25) is 18.1 Å². The molecular formula is C15H26N2O3Si. The highest BCUT2D eigenvalue weighted by atomic mass is 28.4. The van der Waals surface area contributed by atoms with E-state index in [9.17, 15) is 4.79 Å². The van der Waals surface area contributed by atoms with Crippen LogP contribution in [0.25, 0.3) is 0 Å². The molecule has 0 spiro atoms. The quantitative estimate of drug-likeness (QED) is 0.497. The van der Waals surface area contributed by atoms with Crippen molar-refractivity contribution in [1.82, 2.24) is 0 Å². The maximum Gasteiger partial charge on any atom is 0.250 e. The maximum absolute atomic E-state index is 11.4. The summed E-state index contributed by atoms with van der Waals surface area (Å²) in [7, 11) is -0.421. The fraction of sp³-hybridized carbons (Fsp3) is 0.533. The molecule has 1 aromatic rings. The van der Waals surface area contributed by atoms with Gasteiger partial charge in [0.2, 0.25) is 0 Å². The van der Waals surface area contributed by atoms with Crippen molar-refractivity contribution >= 4 is 19.9 Å². The molecule has 1 atom stereocenters. The van der Waals surface area contributed by atoms with Crippen LogP contribution in [0.5, 0.6) is 0 Å². The monoisotopic (exact) mass is 310 g/mol. The van der Waals surface area contributed by atoms with Gasteiger partial charge in [0.25, 0.3) is 5.91 Å². The second-order valence-electron chi connectivity index (χ2n) is 6.66. The molecule has 0 aliphatic rings. The van der Waals surface area contributed by atoms with E-state index in [1.54, 1.807) is 25.3 Å². The van der Waals surface area contributed by atoms with Crippen molar-refractivity contribution in [2.45, 2.75) is 45.2 Å². The van der Waals surface area contributed by atoms with Gasteiger partial charge in [-0.1, -0.05) is 26.8 Å². The van der Waals surface area contributed by atoms with Gasteiger partial charge >= 0.3 is 0 Å². The lowest BCUT2D eigenvalue weighted by molar-refractivity contribution is -0.0658. The summed E-state index contributed by atoms with van der Waals surface area (Å²) in [6, 6.07) is 5.08. The number of carbonyl (C=O) groups excluding carboxylic acids is 1. The van der Waals surface area contributed by atoms with E-state index in [0.717, 1.165) is 5.56 Å². The number of anilines is 1. The summed E-state index contributed by atoms with van der Waals surface area (Å²) in [6.45, 7) is 10.8. The summed E-state index contributed by atoms with van der Waals surface area (Å²) in [4.78, 5) is 11.4. The van der Waals surface area contributed by atoms with Gasteiger partial charge < -0.3 is 20.6 Å². The summed E-state index contributed by atoms with van der Waals surface area (Å²) in [5.41, 5.74) is 12.5.